The van der Waals surface area contributed by atoms with E-state index in [9.17, 15) is 4.79 Å². The van der Waals surface area contributed by atoms with Crippen LogP contribution in [0.4, 0.5) is 0 Å². The molecular weight excluding hydrogens is 360 g/mol. The summed E-state index contributed by atoms with van der Waals surface area (Å²) in [5, 5.41) is 15.9. The molecule has 0 amide bonds. The Bertz CT molecular complexity index is 890. The maximum atomic E-state index is 13.7. The molecule has 0 radical (unpaired) electrons. The number of nitrogens with one attached hydrogen (secondary N) is 1. The molecule has 4 bridgehead atoms. The van der Waals surface area contributed by atoms with Gasteiger partial charge in [0.25, 0.3) is 0 Å². The molecule has 4 fully saturated rings. The van der Waals surface area contributed by atoms with Crippen LogP contribution >= 0.6 is 0 Å². The standard InChI is InChI=1S/C25H32N2O2/c1-15-4-19-13-24(2,3)27-22(21(19)8-20(15)14-26-29)9-23(28)25-10-16-5-17(11-25)7-18(6-16)12-25/h4,8-9,14,16-18,27,29H,5-7,10-13H2,1-3H3/b22-9-,26-14?. The number of ketones is 1. The van der Waals surface area contributed by atoms with E-state index in [1.54, 1.807) is 0 Å². The van der Waals surface area contributed by atoms with Crippen LogP contribution in [0.5, 0.6) is 0 Å². The molecule has 0 unspecified atom stereocenters. The number of hydrogen-bond acceptors (Lipinski definition) is 4. The van der Waals surface area contributed by atoms with Gasteiger partial charge in [0, 0.05) is 28.3 Å². The van der Waals surface area contributed by atoms with Crippen molar-refractivity contribution in [1.82, 2.24) is 5.32 Å². The molecule has 1 heterocycles. The van der Waals surface area contributed by atoms with Crippen LogP contribution in [0.3, 0.4) is 0 Å². The van der Waals surface area contributed by atoms with E-state index in [0.717, 1.165) is 65.8 Å². The maximum Gasteiger partial charge on any atom is 0.163 e. The number of rotatable bonds is 3. The average Bonchev–Trinajstić information content (AvgIpc) is 2.61. The number of benzene rings is 1. The lowest BCUT2D eigenvalue weighted by Crippen LogP contribution is -2.50. The third kappa shape index (κ3) is 3.21. The second kappa shape index (κ2) is 6.45. The average molecular weight is 393 g/mol. The number of nitrogens with zero attached hydrogens (tertiary/aromatic N) is 1. The van der Waals surface area contributed by atoms with E-state index in [1.165, 1.54) is 31.0 Å². The molecule has 154 valence electrons. The first-order valence-corrected chi connectivity index (χ1v) is 11.1. The van der Waals surface area contributed by atoms with Gasteiger partial charge < -0.3 is 10.5 Å². The topological polar surface area (TPSA) is 61.7 Å². The molecule has 1 aromatic rings. The lowest BCUT2D eigenvalue weighted by molar-refractivity contribution is -0.138. The van der Waals surface area contributed by atoms with E-state index in [4.69, 9.17) is 5.21 Å². The van der Waals surface area contributed by atoms with Crippen molar-refractivity contribution in [3.05, 3.63) is 40.5 Å². The van der Waals surface area contributed by atoms with Gasteiger partial charge in [-0.25, -0.2) is 0 Å². The van der Waals surface area contributed by atoms with Gasteiger partial charge in [-0.05, 0) is 106 Å². The lowest BCUT2D eigenvalue weighted by atomic mass is 9.48. The Balaban J connectivity index is 1.54. The van der Waals surface area contributed by atoms with Gasteiger partial charge in [-0.1, -0.05) is 11.2 Å². The first-order valence-electron chi connectivity index (χ1n) is 11.1. The molecule has 0 atom stereocenters. The fraction of sp³-hybridized carbons (Fsp3) is 0.600. The number of carbonyl (C=O) groups is 1. The van der Waals surface area contributed by atoms with E-state index >= 15 is 0 Å². The molecule has 2 N–H and O–H groups in total. The third-order valence-electron chi connectivity index (χ3n) is 7.92. The molecule has 4 saturated carbocycles. The van der Waals surface area contributed by atoms with Crippen molar-refractivity contribution in [3.8, 4) is 0 Å². The SMILES string of the molecule is Cc1cc2c(cc1C=NO)/C(=C/C(=O)C13CC4CC(CC(C4)C1)C3)NC(C)(C)C2. The molecule has 29 heavy (non-hydrogen) atoms. The number of aryl methyl sites for hydroxylation is 1. The molecular formula is C25H32N2O2. The van der Waals surface area contributed by atoms with E-state index in [-0.39, 0.29) is 11.0 Å². The van der Waals surface area contributed by atoms with Crippen LogP contribution in [0.2, 0.25) is 0 Å². The predicted molar refractivity (Wildman–Crippen MR) is 115 cm³/mol. The highest BCUT2D eigenvalue weighted by atomic mass is 16.4. The highest BCUT2D eigenvalue weighted by Crippen LogP contribution is 2.60. The summed E-state index contributed by atoms with van der Waals surface area (Å²) in [4.78, 5) is 13.7. The minimum atomic E-state index is -0.120. The van der Waals surface area contributed by atoms with Crippen molar-refractivity contribution in [3.63, 3.8) is 0 Å². The molecule has 6 rings (SSSR count). The summed E-state index contributed by atoms with van der Waals surface area (Å²) in [7, 11) is 0. The molecule has 5 aliphatic rings. The number of hydrogen-bond donors (Lipinski definition) is 2. The van der Waals surface area contributed by atoms with Crippen molar-refractivity contribution < 1.29 is 10.0 Å². The summed E-state index contributed by atoms with van der Waals surface area (Å²) < 4.78 is 0. The van der Waals surface area contributed by atoms with Gasteiger partial charge in [-0.3, -0.25) is 4.79 Å². The highest BCUT2D eigenvalue weighted by molar-refractivity contribution is 6.01. The minimum Gasteiger partial charge on any atom is -0.411 e. The third-order valence-corrected chi connectivity index (χ3v) is 7.92. The van der Waals surface area contributed by atoms with Gasteiger partial charge in [-0.2, -0.15) is 0 Å². The summed E-state index contributed by atoms with van der Waals surface area (Å²) >= 11 is 0. The molecule has 4 nitrogen and oxygen atoms in total. The summed E-state index contributed by atoms with van der Waals surface area (Å²) in [5.41, 5.74) is 5.02. The summed E-state index contributed by atoms with van der Waals surface area (Å²) in [5.74, 6) is 2.63. The second-order valence-corrected chi connectivity index (χ2v) is 10.9. The largest absolute Gasteiger partial charge is 0.411 e. The van der Waals surface area contributed by atoms with Gasteiger partial charge in [0.15, 0.2) is 5.78 Å². The van der Waals surface area contributed by atoms with Crippen LogP contribution in [0.1, 0.15) is 74.6 Å². The Morgan fingerprint density at radius 1 is 1.14 bits per heavy atom. The van der Waals surface area contributed by atoms with E-state index in [2.05, 4.69) is 36.5 Å². The van der Waals surface area contributed by atoms with E-state index in [0.29, 0.717) is 5.78 Å². The summed E-state index contributed by atoms with van der Waals surface area (Å²) in [6.45, 7) is 6.42. The Hall–Kier alpha value is -2.10. The van der Waals surface area contributed by atoms with E-state index in [1.807, 2.05) is 13.0 Å². The minimum absolute atomic E-state index is 0.0976. The van der Waals surface area contributed by atoms with Crippen molar-refractivity contribution >= 4 is 17.7 Å². The molecule has 0 saturated heterocycles. The Labute approximate surface area is 173 Å². The van der Waals surface area contributed by atoms with Gasteiger partial charge in [0.05, 0.1) is 6.21 Å². The highest BCUT2D eigenvalue weighted by Gasteiger charge is 2.54. The predicted octanol–water partition coefficient (Wildman–Crippen LogP) is 4.85. The number of allylic oxidation sites excluding steroid dienone is 1. The molecule has 0 aromatic heterocycles. The van der Waals surface area contributed by atoms with Crippen LogP contribution < -0.4 is 5.32 Å². The fourth-order valence-corrected chi connectivity index (χ4v) is 7.15. The molecule has 0 spiro atoms. The van der Waals surface area contributed by atoms with Crippen LogP contribution in [0.15, 0.2) is 23.4 Å². The molecule has 1 aromatic carbocycles. The number of oxime groups is 1. The van der Waals surface area contributed by atoms with Crippen LogP contribution in [-0.2, 0) is 11.2 Å². The first-order chi connectivity index (χ1) is 13.8. The van der Waals surface area contributed by atoms with Gasteiger partial charge >= 0.3 is 0 Å². The fourth-order valence-electron chi connectivity index (χ4n) is 7.15. The van der Waals surface area contributed by atoms with E-state index < -0.39 is 0 Å². The number of fused-ring (bicyclic) bond motifs is 1. The Morgan fingerprint density at radius 3 is 2.34 bits per heavy atom. The maximum absolute atomic E-state index is 13.7. The van der Waals surface area contributed by atoms with Crippen molar-refractivity contribution in [2.45, 2.75) is 71.3 Å². The van der Waals surface area contributed by atoms with Gasteiger partial charge in [0.2, 0.25) is 0 Å². The zero-order chi connectivity index (χ0) is 20.4. The first kappa shape index (κ1) is 18.9. The van der Waals surface area contributed by atoms with Crippen LogP contribution in [0.25, 0.3) is 5.70 Å². The summed E-state index contributed by atoms with van der Waals surface area (Å²) in [6.07, 6.45) is 11.6. The summed E-state index contributed by atoms with van der Waals surface area (Å²) in [6, 6.07) is 4.24. The lowest BCUT2D eigenvalue weighted by Gasteiger charge is -2.55. The normalized spacial score (nSPS) is 35.7. The molecule has 1 aliphatic heterocycles. The van der Waals surface area contributed by atoms with Crippen molar-refractivity contribution in [1.29, 1.82) is 0 Å². The van der Waals surface area contributed by atoms with Crippen LogP contribution in [-0.4, -0.2) is 22.7 Å². The second-order valence-electron chi connectivity index (χ2n) is 10.9. The molecule has 4 heteroatoms. The van der Waals surface area contributed by atoms with Crippen molar-refractivity contribution in [2.24, 2.45) is 28.3 Å². The van der Waals surface area contributed by atoms with Crippen molar-refractivity contribution in [2.75, 3.05) is 0 Å². The Morgan fingerprint density at radius 2 is 1.76 bits per heavy atom. The molecule has 4 aliphatic carbocycles. The van der Waals surface area contributed by atoms with Gasteiger partial charge in [0.1, 0.15) is 0 Å². The Kier molecular flexibility index (Phi) is 4.20. The monoisotopic (exact) mass is 392 g/mol. The zero-order valence-electron chi connectivity index (χ0n) is 17.8. The smallest absolute Gasteiger partial charge is 0.163 e. The van der Waals surface area contributed by atoms with Gasteiger partial charge in [-0.15, -0.1) is 0 Å². The zero-order valence-corrected chi connectivity index (χ0v) is 17.8. The van der Waals surface area contributed by atoms with Crippen LogP contribution in [0, 0.1) is 30.1 Å². The number of carbonyl (C=O) groups excluding carboxylic acids is 1. The quantitative estimate of drug-likeness (QED) is 0.334.